The van der Waals surface area contributed by atoms with Crippen LogP contribution in [0.2, 0.25) is 0 Å². The molecule has 3 heterocycles. The molecule has 30 heavy (non-hydrogen) atoms. The number of rotatable bonds is 2. The van der Waals surface area contributed by atoms with E-state index in [2.05, 4.69) is 27.2 Å². The third-order valence-electron chi connectivity index (χ3n) is 5.93. The summed E-state index contributed by atoms with van der Waals surface area (Å²) in [7, 11) is 2.08. The average Bonchev–Trinajstić information content (AvgIpc) is 3.17. The lowest BCUT2D eigenvalue weighted by atomic mass is 9.91. The third kappa shape index (κ3) is 3.39. The Hall–Kier alpha value is -3.06. The van der Waals surface area contributed by atoms with Crippen molar-refractivity contribution < 1.29 is 13.5 Å². The summed E-state index contributed by atoms with van der Waals surface area (Å²) in [5, 5.41) is 3.74. The number of likely N-dealkylation sites (tertiary alicyclic amines) is 1. The van der Waals surface area contributed by atoms with Crippen molar-refractivity contribution in [2.45, 2.75) is 25.3 Å². The van der Waals surface area contributed by atoms with Crippen molar-refractivity contribution in [3.8, 4) is 0 Å². The van der Waals surface area contributed by atoms with Crippen LogP contribution in [-0.4, -0.2) is 42.1 Å². The van der Waals surface area contributed by atoms with Crippen LogP contribution < -0.4 is 15.9 Å². The minimum atomic E-state index is -0.488. The lowest BCUT2D eigenvalue weighted by Gasteiger charge is -2.21. The van der Waals surface area contributed by atoms with Crippen LogP contribution in [0.5, 0.6) is 0 Å². The summed E-state index contributed by atoms with van der Waals surface area (Å²) in [4.78, 5) is 10.8. The molecule has 5 nitrogen and oxygen atoms in total. The van der Waals surface area contributed by atoms with Gasteiger partial charge in [-0.3, -0.25) is 4.98 Å². The van der Waals surface area contributed by atoms with E-state index in [0.29, 0.717) is 35.4 Å². The highest BCUT2D eigenvalue weighted by molar-refractivity contribution is 5.93. The van der Waals surface area contributed by atoms with Gasteiger partial charge in [-0.15, -0.1) is 0 Å². The highest BCUT2D eigenvalue weighted by atomic mass is 19.1. The van der Waals surface area contributed by atoms with E-state index in [9.17, 15) is 4.39 Å². The number of hydrogen-bond acceptors (Lipinski definition) is 5. The lowest BCUT2D eigenvalue weighted by molar-refractivity contribution is 0.190. The maximum absolute atomic E-state index is 15.5. The Labute approximate surface area is 173 Å². The van der Waals surface area contributed by atoms with E-state index in [4.69, 9.17) is 4.74 Å². The Morgan fingerprint density at radius 1 is 1.30 bits per heavy atom. The first kappa shape index (κ1) is 18.9. The van der Waals surface area contributed by atoms with Gasteiger partial charge < -0.3 is 15.0 Å². The fourth-order valence-electron chi connectivity index (χ4n) is 4.21. The van der Waals surface area contributed by atoms with Gasteiger partial charge in [-0.25, -0.2) is 13.8 Å². The second kappa shape index (κ2) is 7.65. The third-order valence-corrected chi connectivity index (χ3v) is 5.93. The summed E-state index contributed by atoms with van der Waals surface area (Å²) in [6, 6.07) is 5.15. The summed E-state index contributed by atoms with van der Waals surface area (Å²) < 4.78 is 35.2. The molecule has 0 unspecified atom stereocenters. The number of benzene rings is 1. The van der Waals surface area contributed by atoms with Gasteiger partial charge in [0.2, 0.25) is 0 Å². The SMILES string of the molecule is CN1CCC[C@H]1COC1=NC=c2cnc(=C3CC=Cc4ccc(F)cc43)c(F)c2N1. The van der Waals surface area contributed by atoms with Crippen LogP contribution in [-0.2, 0) is 4.74 Å². The van der Waals surface area contributed by atoms with E-state index in [1.54, 1.807) is 18.5 Å². The molecule has 1 N–H and O–H groups in total. The molecule has 1 aromatic heterocycles. The first-order valence-corrected chi connectivity index (χ1v) is 10.1. The topological polar surface area (TPSA) is 49.8 Å². The summed E-state index contributed by atoms with van der Waals surface area (Å²) in [6.45, 7) is 1.56. The van der Waals surface area contributed by atoms with Gasteiger partial charge in [0.15, 0.2) is 5.82 Å². The molecular weight excluding hydrogens is 386 g/mol. The molecular formula is C23H22F2N4O. The molecule has 0 spiro atoms. The quantitative estimate of drug-likeness (QED) is 0.830. The highest BCUT2D eigenvalue weighted by Crippen LogP contribution is 2.28. The van der Waals surface area contributed by atoms with Gasteiger partial charge in [0, 0.05) is 23.7 Å². The van der Waals surface area contributed by atoms with Crippen LogP contribution in [0.4, 0.5) is 14.5 Å². The zero-order valence-corrected chi connectivity index (χ0v) is 16.7. The number of pyridine rings is 1. The number of aliphatic imine (C=N–C) groups is 1. The molecule has 3 aliphatic rings. The lowest BCUT2D eigenvalue weighted by Crippen LogP contribution is -2.35. The number of likely N-dealkylation sites (N-methyl/N-ethyl adjacent to an activating group) is 1. The molecule has 1 aromatic carbocycles. The number of hydrogen-bond donors (Lipinski definition) is 1. The maximum atomic E-state index is 15.5. The van der Waals surface area contributed by atoms with Crippen molar-refractivity contribution in [2.24, 2.45) is 4.99 Å². The van der Waals surface area contributed by atoms with Crippen molar-refractivity contribution in [1.29, 1.82) is 0 Å². The first-order valence-electron chi connectivity index (χ1n) is 10.1. The predicted octanol–water partition coefficient (Wildman–Crippen LogP) is 2.61. The molecule has 1 fully saturated rings. The predicted molar refractivity (Wildman–Crippen MR) is 113 cm³/mol. The molecule has 154 valence electrons. The Morgan fingerprint density at radius 2 is 2.20 bits per heavy atom. The molecule has 7 heteroatoms. The molecule has 0 amide bonds. The molecule has 0 saturated carbocycles. The van der Waals surface area contributed by atoms with Gasteiger partial charge >= 0.3 is 0 Å². The molecule has 1 atom stereocenters. The van der Waals surface area contributed by atoms with Crippen molar-refractivity contribution in [1.82, 2.24) is 9.88 Å². The maximum Gasteiger partial charge on any atom is 0.294 e. The van der Waals surface area contributed by atoms with Gasteiger partial charge in [-0.2, -0.15) is 0 Å². The van der Waals surface area contributed by atoms with Crippen LogP contribution in [0.1, 0.15) is 30.4 Å². The van der Waals surface area contributed by atoms with Gasteiger partial charge in [-0.1, -0.05) is 18.2 Å². The van der Waals surface area contributed by atoms with Gasteiger partial charge in [0.25, 0.3) is 6.02 Å². The number of fused-ring (bicyclic) bond motifs is 2. The summed E-state index contributed by atoms with van der Waals surface area (Å²) >= 11 is 0. The molecule has 5 rings (SSSR count). The Bertz CT molecular complexity index is 1190. The van der Waals surface area contributed by atoms with Crippen LogP contribution in [0.15, 0.2) is 35.5 Å². The summed E-state index contributed by atoms with van der Waals surface area (Å²) in [5.74, 6) is -0.843. The normalized spacial score (nSPS) is 22.0. The number of nitrogens with one attached hydrogen (secondary N) is 1. The van der Waals surface area contributed by atoms with Gasteiger partial charge in [-0.05, 0) is 61.7 Å². The molecule has 1 aliphatic carbocycles. The van der Waals surface area contributed by atoms with Crippen LogP contribution in [0.25, 0.3) is 17.8 Å². The van der Waals surface area contributed by atoms with E-state index >= 15 is 4.39 Å². The van der Waals surface area contributed by atoms with Crippen molar-refractivity contribution in [3.63, 3.8) is 0 Å². The molecule has 0 bridgehead atoms. The number of allylic oxidation sites excluding steroid dienone is 1. The zero-order chi connectivity index (χ0) is 20.7. The molecule has 2 aliphatic heterocycles. The largest absolute Gasteiger partial charge is 0.463 e. The Kier molecular flexibility index (Phi) is 4.83. The van der Waals surface area contributed by atoms with Crippen molar-refractivity contribution in [3.05, 3.63) is 63.8 Å². The van der Waals surface area contributed by atoms with E-state index < -0.39 is 5.82 Å². The van der Waals surface area contributed by atoms with E-state index in [1.165, 1.54) is 12.1 Å². The number of nitrogens with zero attached hydrogens (tertiary/aromatic N) is 3. The number of amidine groups is 1. The van der Waals surface area contributed by atoms with Crippen LogP contribution >= 0.6 is 0 Å². The summed E-state index contributed by atoms with van der Waals surface area (Å²) in [6.07, 6.45) is 9.69. The smallest absolute Gasteiger partial charge is 0.294 e. The number of anilines is 1. The minimum Gasteiger partial charge on any atom is -0.463 e. The molecule has 1 saturated heterocycles. The zero-order valence-electron chi connectivity index (χ0n) is 16.7. The van der Waals surface area contributed by atoms with E-state index in [-0.39, 0.29) is 22.9 Å². The van der Waals surface area contributed by atoms with E-state index in [0.717, 1.165) is 24.9 Å². The first-order chi connectivity index (χ1) is 14.6. The minimum absolute atomic E-state index is 0.211. The Balaban J connectivity index is 1.49. The standard InChI is InChI=1S/C23H22F2N4O/c1-29-9-3-5-17(29)13-30-23-27-12-15-11-26-22(20(25)21(15)28-23)18-6-2-4-14-7-8-16(24)10-19(14)18/h2,4,7-8,10-12,17H,3,5-6,9,13H2,1H3,(H,27,28)/t17-/m0/s1. The fourth-order valence-corrected chi connectivity index (χ4v) is 4.21. The molecule has 0 radical (unpaired) electrons. The monoisotopic (exact) mass is 408 g/mol. The van der Waals surface area contributed by atoms with Crippen molar-refractivity contribution >= 4 is 29.6 Å². The molecule has 2 aromatic rings. The Morgan fingerprint density at radius 3 is 3.03 bits per heavy atom. The van der Waals surface area contributed by atoms with Crippen molar-refractivity contribution in [2.75, 3.05) is 25.5 Å². The van der Waals surface area contributed by atoms with E-state index in [1.807, 2.05) is 12.2 Å². The van der Waals surface area contributed by atoms with Crippen LogP contribution in [0, 0.1) is 11.6 Å². The van der Waals surface area contributed by atoms with Gasteiger partial charge in [0.1, 0.15) is 17.8 Å². The second-order valence-corrected chi connectivity index (χ2v) is 7.84. The summed E-state index contributed by atoms with van der Waals surface area (Å²) in [5.41, 5.74) is 2.46. The number of halogens is 2. The van der Waals surface area contributed by atoms with Crippen LogP contribution in [0.3, 0.4) is 0 Å². The number of aromatic nitrogens is 1. The average molecular weight is 408 g/mol. The van der Waals surface area contributed by atoms with Gasteiger partial charge in [0.05, 0.1) is 5.69 Å². The second-order valence-electron chi connectivity index (χ2n) is 7.84. The highest BCUT2D eigenvalue weighted by Gasteiger charge is 2.23. The fraction of sp³-hybridized carbons (Fsp3) is 0.304. The number of ether oxygens (including phenoxy) is 1.